The van der Waals surface area contributed by atoms with Gasteiger partial charge in [-0.05, 0) is 26.2 Å². The summed E-state index contributed by atoms with van der Waals surface area (Å²) in [7, 11) is -4.29. The lowest BCUT2D eigenvalue weighted by molar-refractivity contribution is -0.525. The molecule has 35 heavy (non-hydrogen) atoms. The number of carbonyl (C=O) groups is 1. The molecule has 1 heterocycles. The van der Waals surface area contributed by atoms with Crippen LogP contribution < -0.4 is 0 Å². The van der Waals surface area contributed by atoms with E-state index in [1.165, 1.54) is 64.2 Å². The SMILES string of the molecule is C/C=C/CCCCCCCCCCCCCCC(=O)C1=[N+](CC(O)CS(=O)(=O)O)CCN1CCO. The number of Topliss-reactive ketones (excluding diaryl/α,β-unsaturated/α-hetero) is 1. The number of β-amino-alcohol motifs (C(OH)–C–C–N with tert-alkyl or cyclic N) is 2. The molecule has 0 fully saturated rings. The van der Waals surface area contributed by atoms with Crippen molar-refractivity contribution < 1.29 is 32.6 Å². The lowest BCUT2D eigenvalue weighted by Gasteiger charge is -2.13. The summed E-state index contributed by atoms with van der Waals surface area (Å²) in [5.41, 5.74) is 0. The highest BCUT2D eigenvalue weighted by molar-refractivity contribution is 7.85. The average Bonchev–Trinajstić information content (AvgIpc) is 3.17. The van der Waals surface area contributed by atoms with Crippen molar-refractivity contribution in [2.24, 2.45) is 0 Å². The largest absolute Gasteiger partial charge is 0.392 e. The van der Waals surface area contributed by atoms with Crippen molar-refractivity contribution in [2.75, 3.05) is 38.5 Å². The summed E-state index contributed by atoms with van der Waals surface area (Å²) in [6.07, 6.45) is 19.3. The van der Waals surface area contributed by atoms with Crippen molar-refractivity contribution in [2.45, 2.75) is 103 Å². The minimum Gasteiger partial charge on any atom is -0.392 e. The van der Waals surface area contributed by atoms with E-state index >= 15 is 0 Å². The second kappa shape index (κ2) is 18.9. The van der Waals surface area contributed by atoms with Gasteiger partial charge in [0.15, 0.2) is 0 Å². The average molecular weight is 518 g/mol. The number of amidine groups is 1. The molecule has 1 unspecified atom stereocenters. The van der Waals surface area contributed by atoms with Crippen LogP contribution in [0.3, 0.4) is 0 Å². The molecule has 0 saturated heterocycles. The molecule has 204 valence electrons. The fraction of sp³-hybridized carbons (Fsp3) is 0.846. The minimum atomic E-state index is -4.29. The van der Waals surface area contributed by atoms with Gasteiger partial charge in [0.25, 0.3) is 10.1 Å². The van der Waals surface area contributed by atoms with E-state index in [0.29, 0.717) is 31.9 Å². The maximum atomic E-state index is 12.9. The predicted molar refractivity (Wildman–Crippen MR) is 141 cm³/mol. The van der Waals surface area contributed by atoms with Gasteiger partial charge >= 0.3 is 5.84 Å². The summed E-state index contributed by atoms with van der Waals surface area (Å²) in [6.45, 7) is 3.27. The molecule has 1 aliphatic rings. The Labute approximate surface area is 212 Å². The zero-order valence-corrected chi connectivity index (χ0v) is 22.6. The molecular formula is C26H49N2O6S+. The Bertz CT molecular complexity index is 751. The number of unbranched alkanes of at least 4 members (excludes halogenated alkanes) is 12. The van der Waals surface area contributed by atoms with Crippen LogP contribution in [0.15, 0.2) is 12.2 Å². The third kappa shape index (κ3) is 15.4. The normalized spacial score (nSPS) is 15.5. The van der Waals surface area contributed by atoms with Crippen molar-refractivity contribution in [1.29, 1.82) is 0 Å². The molecule has 1 aliphatic heterocycles. The molecule has 0 aromatic carbocycles. The number of nitrogens with zero attached hydrogens (tertiary/aromatic N) is 2. The van der Waals surface area contributed by atoms with Crippen LogP contribution in [-0.4, -0.2) is 88.9 Å². The van der Waals surface area contributed by atoms with Crippen LogP contribution in [0.1, 0.15) is 96.8 Å². The van der Waals surface area contributed by atoms with Crippen LogP contribution in [-0.2, 0) is 14.9 Å². The van der Waals surface area contributed by atoms with E-state index in [1.54, 1.807) is 9.48 Å². The molecule has 0 aromatic rings. The monoisotopic (exact) mass is 517 g/mol. The number of hydrogen-bond donors (Lipinski definition) is 3. The summed E-state index contributed by atoms with van der Waals surface area (Å²) >= 11 is 0. The topological polar surface area (TPSA) is 118 Å². The third-order valence-corrected chi connectivity index (χ3v) is 7.26. The quantitative estimate of drug-likeness (QED) is 0.0870. The van der Waals surface area contributed by atoms with Gasteiger partial charge in [0.1, 0.15) is 38.0 Å². The number of allylic oxidation sites excluding steroid dienone is 2. The molecule has 9 heteroatoms. The molecule has 0 saturated carbocycles. The fourth-order valence-electron chi connectivity index (χ4n) is 4.67. The molecule has 0 spiro atoms. The molecular weight excluding hydrogens is 468 g/mol. The number of ketones is 1. The molecule has 0 bridgehead atoms. The second-order valence-electron chi connectivity index (χ2n) is 9.66. The van der Waals surface area contributed by atoms with Gasteiger partial charge in [0.05, 0.1) is 6.61 Å². The predicted octanol–water partition coefficient (Wildman–Crippen LogP) is 3.56. The Morgan fingerprint density at radius 1 is 1.00 bits per heavy atom. The van der Waals surface area contributed by atoms with Crippen LogP contribution in [0.2, 0.25) is 0 Å². The van der Waals surface area contributed by atoms with Gasteiger partial charge in [-0.1, -0.05) is 76.4 Å². The summed E-state index contributed by atoms with van der Waals surface area (Å²) in [5, 5.41) is 19.3. The Balaban J connectivity index is 2.23. The Morgan fingerprint density at radius 2 is 1.54 bits per heavy atom. The van der Waals surface area contributed by atoms with Gasteiger partial charge in [0.2, 0.25) is 5.78 Å². The lowest BCUT2D eigenvalue weighted by Crippen LogP contribution is -2.40. The van der Waals surface area contributed by atoms with Crippen molar-refractivity contribution >= 4 is 21.7 Å². The van der Waals surface area contributed by atoms with Crippen LogP contribution in [0, 0.1) is 0 Å². The highest BCUT2D eigenvalue weighted by atomic mass is 32.2. The van der Waals surface area contributed by atoms with E-state index < -0.39 is 22.0 Å². The van der Waals surface area contributed by atoms with Gasteiger partial charge in [-0.2, -0.15) is 8.42 Å². The standard InChI is InChI=1S/C26H48N2O6S/c1-2-3-4-5-6-7-8-9-10-11-12-13-14-15-16-17-25(31)26-27(20-21-29)18-19-28(26)22-24(30)23-35(32,33)34/h2-3,24,29-30H,4-23H2,1H3/p+1/b3-2+. The van der Waals surface area contributed by atoms with Crippen molar-refractivity contribution in [3.8, 4) is 0 Å². The number of aliphatic hydroxyl groups excluding tert-OH is 2. The smallest absolute Gasteiger partial charge is 0.316 e. The van der Waals surface area contributed by atoms with E-state index in [2.05, 4.69) is 19.1 Å². The van der Waals surface area contributed by atoms with Crippen molar-refractivity contribution in [1.82, 2.24) is 4.90 Å². The Morgan fingerprint density at radius 3 is 2.06 bits per heavy atom. The second-order valence-corrected chi connectivity index (χ2v) is 11.2. The first-order chi connectivity index (χ1) is 16.8. The van der Waals surface area contributed by atoms with Gasteiger partial charge < -0.3 is 10.2 Å². The summed E-state index contributed by atoms with van der Waals surface area (Å²) < 4.78 is 32.7. The highest BCUT2D eigenvalue weighted by Crippen LogP contribution is 2.14. The minimum absolute atomic E-state index is 0.0410. The number of carbonyl (C=O) groups excluding carboxylic acids is 1. The van der Waals surface area contributed by atoms with E-state index in [0.717, 1.165) is 19.3 Å². The fourth-order valence-corrected chi connectivity index (χ4v) is 5.26. The molecule has 0 amide bonds. The Hall–Kier alpha value is -1.29. The van der Waals surface area contributed by atoms with Gasteiger partial charge in [-0.15, -0.1) is 0 Å². The van der Waals surface area contributed by atoms with Gasteiger partial charge in [-0.3, -0.25) is 18.8 Å². The molecule has 1 atom stereocenters. The number of aliphatic hydroxyl groups is 2. The first-order valence-electron chi connectivity index (χ1n) is 13.5. The summed E-state index contributed by atoms with van der Waals surface area (Å²) in [5.74, 6) is -0.363. The van der Waals surface area contributed by atoms with E-state index in [1.807, 2.05) is 0 Å². The summed E-state index contributed by atoms with van der Waals surface area (Å²) in [6, 6.07) is 0. The summed E-state index contributed by atoms with van der Waals surface area (Å²) in [4.78, 5) is 14.7. The zero-order chi connectivity index (χ0) is 25.9. The van der Waals surface area contributed by atoms with Crippen molar-refractivity contribution in [3.63, 3.8) is 0 Å². The number of rotatable bonds is 22. The molecule has 0 radical (unpaired) electrons. The van der Waals surface area contributed by atoms with Gasteiger partial charge in [-0.25, -0.2) is 0 Å². The first-order valence-corrected chi connectivity index (χ1v) is 15.1. The van der Waals surface area contributed by atoms with E-state index in [9.17, 15) is 23.4 Å². The van der Waals surface area contributed by atoms with Crippen LogP contribution >= 0.6 is 0 Å². The van der Waals surface area contributed by atoms with Crippen LogP contribution in [0.4, 0.5) is 0 Å². The lowest BCUT2D eigenvalue weighted by atomic mass is 10.0. The molecule has 3 N–H and O–H groups in total. The first kappa shape index (κ1) is 31.7. The molecule has 0 aliphatic carbocycles. The maximum absolute atomic E-state index is 12.9. The maximum Gasteiger partial charge on any atom is 0.316 e. The van der Waals surface area contributed by atoms with E-state index in [4.69, 9.17) is 4.55 Å². The molecule has 1 rings (SSSR count). The third-order valence-electron chi connectivity index (χ3n) is 6.45. The molecule has 8 nitrogen and oxygen atoms in total. The zero-order valence-electron chi connectivity index (χ0n) is 21.7. The van der Waals surface area contributed by atoms with Crippen molar-refractivity contribution in [3.05, 3.63) is 12.2 Å². The van der Waals surface area contributed by atoms with E-state index in [-0.39, 0.29) is 18.9 Å². The van der Waals surface area contributed by atoms with Crippen LogP contribution in [0.25, 0.3) is 0 Å². The van der Waals surface area contributed by atoms with Gasteiger partial charge in [0, 0.05) is 6.42 Å². The highest BCUT2D eigenvalue weighted by Gasteiger charge is 2.36. The number of hydrogen-bond acceptors (Lipinski definition) is 6. The Kier molecular flexibility index (Phi) is 17.1. The van der Waals surface area contributed by atoms with Crippen LogP contribution in [0.5, 0.6) is 0 Å². The molecule has 0 aromatic heterocycles.